The topological polar surface area (TPSA) is 37.8 Å². The molecular weight excluding hydrogens is 258 g/mol. The Morgan fingerprint density at radius 3 is 2.79 bits per heavy atom. The molecule has 0 bridgehead atoms. The van der Waals surface area contributed by atoms with E-state index in [-0.39, 0.29) is 0 Å². The van der Waals surface area contributed by atoms with Gasteiger partial charge < -0.3 is 5.32 Å². The molecule has 3 nitrogen and oxygen atoms in total. The van der Waals surface area contributed by atoms with Gasteiger partial charge in [0.15, 0.2) is 0 Å². The quantitative estimate of drug-likeness (QED) is 0.764. The van der Waals surface area contributed by atoms with E-state index in [1.807, 2.05) is 31.3 Å². The summed E-state index contributed by atoms with van der Waals surface area (Å²) in [4.78, 5) is 8.31. The summed E-state index contributed by atoms with van der Waals surface area (Å²) < 4.78 is 0. The fraction of sp³-hybridized carbons (Fsp3) is 0.0667. The van der Waals surface area contributed by atoms with Crippen LogP contribution in [-0.4, -0.2) is 17.0 Å². The Hall–Kier alpha value is -2.13. The minimum Gasteiger partial charge on any atom is -0.373 e. The van der Waals surface area contributed by atoms with Crippen molar-refractivity contribution in [3.8, 4) is 11.1 Å². The number of hydrogen-bond acceptors (Lipinski definition) is 3. The van der Waals surface area contributed by atoms with Crippen LogP contribution >= 0.6 is 11.6 Å². The van der Waals surface area contributed by atoms with E-state index in [0.717, 1.165) is 27.7 Å². The molecule has 0 spiro atoms. The van der Waals surface area contributed by atoms with Gasteiger partial charge in [0.2, 0.25) is 0 Å². The second-order valence-corrected chi connectivity index (χ2v) is 4.64. The van der Waals surface area contributed by atoms with Crippen molar-refractivity contribution < 1.29 is 0 Å². The number of nitrogens with zero attached hydrogens (tertiary/aromatic N) is 2. The summed E-state index contributed by atoms with van der Waals surface area (Å²) in [6, 6.07) is 10.0. The van der Waals surface area contributed by atoms with E-state index >= 15 is 0 Å². The number of pyridine rings is 2. The van der Waals surface area contributed by atoms with E-state index < -0.39 is 0 Å². The minimum atomic E-state index is 0.711. The Balaban J connectivity index is 2.19. The van der Waals surface area contributed by atoms with Crippen LogP contribution in [-0.2, 0) is 0 Å². The van der Waals surface area contributed by atoms with Crippen LogP contribution < -0.4 is 5.32 Å². The van der Waals surface area contributed by atoms with Gasteiger partial charge in [-0.25, -0.2) is 4.98 Å². The smallest absolute Gasteiger partial charge is 0.126 e. The third-order valence-corrected chi connectivity index (χ3v) is 3.37. The zero-order chi connectivity index (χ0) is 13.2. The molecule has 0 unspecified atom stereocenters. The van der Waals surface area contributed by atoms with Crippen molar-refractivity contribution in [2.45, 2.75) is 0 Å². The number of aromatic nitrogens is 2. The Morgan fingerprint density at radius 1 is 1.05 bits per heavy atom. The first-order chi connectivity index (χ1) is 9.28. The zero-order valence-electron chi connectivity index (χ0n) is 10.4. The van der Waals surface area contributed by atoms with Crippen molar-refractivity contribution in [1.29, 1.82) is 0 Å². The maximum Gasteiger partial charge on any atom is 0.126 e. The van der Waals surface area contributed by atoms with Crippen LogP contribution in [0.5, 0.6) is 0 Å². The second-order valence-electron chi connectivity index (χ2n) is 4.23. The second kappa shape index (κ2) is 4.86. The number of halogens is 1. The molecule has 19 heavy (non-hydrogen) atoms. The maximum atomic E-state index is 6.31. The molecule has 0 aliphatic rings. The molecule has 2 aromatic heterocycles. The van der Waals surface area contributed by atoms with Crippen LogP contribution in [0.1, 0.15) is 0 Å². The van der Waals surface area contributed by atoms with Gasteiger partial charge in [-0.05, 0) is 46.8 Å². The molecule has 3 aromatic rings. The van der Waals surface area contributed by atoms with Gasteiger partial charge in [-0.1, -0.05) is 11.6 Å². The Morgan fingerprint density at radius 2 is 1.95 bits per heavy atom. The largest absolute Gasteiger partial charge is 0.373 e. The highest BCUT2D eigenvalue weighted by Crippen LogP contribution is 2.30. The number of fused-ring (bicyclic) bond motifs is 1. The summed E-state index contributed by atoms with van der Waals surface area (Å²) in [7, 11) is 1.85. The highest BCUT2D eigenvalue weighted by molar-refractivity contribution is 6.35. The fourth-order valence-corrected chi connectivity index (χ4v) is 2.34. The molecule has 0 saturated heterocycles. The van der Waals surface area contributed by atoms with E-state index in [4.69, 9.17) is 11.6 Å². The number of rotatable bonds is 2. The van der Waals surface area contributed by atoms with Gasteiger partial charge in [0.05, 0.1) is 5.02 Å². The number of hydrogen-bond donors (Lipinski definition) is 1. The van der Waals surface area contributed by atoms with E-state index in [1.165, 1.54) is 0 Å². The molecule has 1 aromatic carbocycles. The summed E-state index contributed by atoms with van der Waals surface area (Å²) in [5.74, 6) is 0.837. The van der Waals surface area contributed by atoms with Crippen LogP contribution in [0, 0.1) is 0 Å². The zero-order valence-corrected chi connectivity index (χ0v) is 11.1. The van der Waals surface area contributed by atoms with Gasteiger partial charge in [0.25, 0.3) is 0 Å². The lowest BCUT2D eigenvalue weighted by Gasteiger charge is -2.07. The Labute approximate surface area is 116 Å². The van der Waals surface area contributed by atoms with Gasteiger partial charge in [-0.15, -0.1) is 0 Å². The summed E-state index contributed by atoms with van der Waals surface area (Å²) in [6.07, 6.45) is 5.34. The van der Waals surface area contributed by atoms with Crippen molar-refractivity contribution in [3.05, 3.63) is 53.9 Å². The lowest BCUT2D eigenvalue weighted by atomic mass is 10.0. The van der Waals surface area contributed by atoms with Crippen molar-refractivity contribution in [3.63, 3.8) is 0 Å². The molecule has 4 heteroatoms. The third-order valence-electron chi connectivity index (χ3n) is 3.05. The lowest BCUT2D eigenvalue weighted by molar-refractivity contribution is 1.29. The van der Waals surface area contributed by atoms with Crippen LogP contribution in [0.25, 0.3) is 21.9 Å². The van der Waals surface area contributed by atoms with Crippen molar-refractivity contribution in [2.24, 2.45) is 0 Å². The molecule has 2 heterocycles. The first kappa shape index (κ1) is 11.9. The molecular formula is C15H12ClN3. The molecule has 0 aliphatic carbocycles. The molecule has 0 radical (unpaired) electrons. The molecule has 0 saturated carbocycles. The van der Waals surface area contributed by atoms with Gasteiger partial charge >= 0.3 is 0 Å². The van der Waals surface area contributed by atoms with Crippen molar-refractivity contribution in [1.82, 2.24) is 9.97 Å². The first-order valence-electron chi connectivity index (χ1n) is 5.95. The molecule has 0 amide bonds. The molecule has 0 fully saturated rings. The number of nitrogens with one attached hydrogen (secondary N) is 1. The van der Waals surface area contributed by atoms with Crippen LogP contribution in [0.2, 0.25) is 5.02 Å². The van der Waals surface area contributed by atoms with Crippen molar-refractivity contribution in [2.75, 3.05) is 12.4 Å². The average Bonchev–Trinajstić information content (AvgIpc) is 2.47. The Kier molecular flexibility index (Phi) is 3.05. The normalized spacial score (nSPS) is 10.6. The lowest BCUT2D eigenvalue weighted by Crippen LogP contribution is -1.91. The predicted molar refractivity (Wildman–Crippen MR) is 79.5 cm³/mol. The first-order valence-corrected chi connectivity index (χ1v) is 6.33. The predicted octanol–water partition coefficient (Wildman–Crippen LogP) is 3.99. The number of benzene rings is 1. The molecule has 0 aliphatic heterocycles. The molecule has 94 valence electrons. The standard InChI is InChI=1S/C15H12ClN3/c1-17-15-8-10(3-5-19-15)12-6-11-2-4-18-9-13(11)14(16)7-12/h2-9H,1H3,(H,17,19). The van der Waals surface area contributed by atoms with Gasteiger partial charge in [0, 0.05) is 31.0 Å². The van der Waals surface area contributed by atoms with E-state index in [9.17, 15) is 0 Å². The molecule has 0 atom stereocenters. The van der Waals surface area contributed by atoms with Gasteiger partial charge in [-0.2, -0.15) is 0 Å². The van der Waals surface area contributed by atoms with E-state index in [0.29, 0.717) is 5.02 Å². The van der Waals surface area contributed by atoms with Crippen molar-refractivity contribution >= 4 is 28.2 Å². The molecule has 1 N–H and O–H groups in total. The summed E-state index contributed by atoms with van der Waals surface area (Å²) >= 11 is 6.31. The Bertz CT molecular complexity index is 740. The highest BCUT2D eigenvalue weighted by Gasteiger charge is 2.05. The van der Waals surface area contributed by atoms with E-state index in [2.05, 4.69) is 21.4 Å². The molecule has 3 rings (SSSR count). The van der Waals surface area contributed by atoms with Crippen LogP contribution in [0.3, 0.4) is 0 Å². The third kappa shape index (κ3) is 2.25. The van der Waals surface area contributed by atoms with E-state index in [1.54, 1.807) is 18.6 Å². The summed E-state index contributed by atoms with van der Waals surface area (Å²) in [5.41, 5.74) is 2.16. The SMILES string of the molecule is CNc1cc(-c2cc(Cl)c3cnccc3c2)ccn1. The minimum absolute atomic E-state index is 0.711. The van der Waals surface area contributed by atoms with Gasteiger partial charge in [0.1, 0.15) is 5.82 Å². The highest BCUT2D eigenvalue weighted by atomic mass is 35.5. The number of anilines is 1. The van der Waals surface area contributed by atoms with Crippen LogP contribution in [0.15, 0.2) is 48.9 Å². The van der Waals surface area contributed by atoms with Gasteiger partial charge in [-0.3, -0.25) is 4.98 Å². The fourth-order valence-electron chi connectivity index (χ4n) is 2.07. The maximum absolute atomic E-state index is 6.31. The van der Waals surface area contributed by atoms with Crippen LogP contribution in [0.4, 0.5) is 5.82 Å². The monoisotopic (exact) mass is 269 g/mol. The summed E-state index contributed by atoms with van der Waals surface area (Å²) in [6.45, 7) is 0. The summed E-state index contributed by atoms with van der Waals surface area (Å²) in [5, 5.41) is 5.80. The average molecular weight is 270 g/mol.